The molecule has 0 radical (unpaired) electrons. The van der Waals surface area contributed by atoms with E-state index in [1.165, 1.54) is 7.11 Å². The number of ether oxygens (including phenoxy) is 2. The summed E-state index contributed by atoms with van der Waals surface area (Å²) in [5, 5.41) is 21.4. The van der Waals surface area contributed by atoms with E-state index in [9.17, 15) is 5.11 Å². The molecule has 0 bridgehead atoms. The molecule has 0 aromatic heterocycles. The van der Waals surface area contributed by atoms with Gasteiger partial charge in [-0.25, -0.2) is 0 Å². The lowest BCUT2D eigenvalue weighted by molar-refractivity contribution is 0.368. The molecule has 0 aliphatic rings. The van der Waals surface area contributed by atoms with Crippen LogP contribution in [0.25, 0.3) is 0 Å². The summed E-state index contributed by atoms with van der Waals surface area (Å²) in [6.07, 6.45) is 0. The second-order valence-electron chi connectivity index (χ2n) is 4.33. The van der Waals surface area contributed by atoms with E-state index in [0.29, 0.717) is 18.0 Å². The van der Waals surface area contributed by atoms with E-state index in [2.05, 4.69) is 5.32 Å². The number of hydrogen-bond donors (Lipinski definition) is 2. The van der Waals surface area contributed by atoms with Gasteiger partial charge in [0.05, 0.1) is 7.11 Å². The number of aromatic hydroxyl groups is 1. The molecule has 0 heterocycles. The number of phenolic OH excluding ortho intramolecular Hbond substituents is 1. The molecule has 0 saturated carbocycles. The zero-order valence-corrected chi connectivity index (χ0v) is 11.7. The number of rotatable bonds is 6. The van der Waals surface area contributed by atoms with E-state index in [4.69, 9.17) is 14.7 Å². The monoisotopic (exact) mass is 284 g/mol. The molecule has 2 rings (SSSR count). The standard InChI is InChI=1S/C16H16N2O3/c1-20-16-6-5-13(10-15(16)19)18-11-12-3-2-4-14(9-12)21-8-7-17/h2-6,9-10,18-19H,8,11H2,1H3. The van der Waals surface area contributed by atoms with E-state index in [0.717, 1.165) is 11.3 Å². The predicted molar refractivity (Wildman–Crippen MR) is 79.5 cm³/mol. The fourth-order valence-electron chi connectivity index (χ4n) is 1.86. The third-order valence-electron chi connectivity index (χ3n) is 2.88. The van der Waals surface area contributed by atoms with Gasteiger partial charge in [0, 0.05) is 18.3 Å². The minimum absolute atomic E-state index is 0.0310. The summed E-state index contributed by atoms with van der Waals surface area (Å²) >= 11 is 0. The fourth-order valence-corrected chi connectivity index (χ4v) is 1.86. The van der Waals surface area contributed by atoms with Gasteiger partial charge < -0.3 is 19.9 Å². The highest BCUT2D eigenvalue weighted by Gasteiger charge is 2.03. The van der Waals surface area contributed by atoms with E-state index >= 15 is 0 Å². The van der Waals surface area contributed by atoms with Crippen molar-refractivity contribution in [1.82, 2.24) is 0 Å². The van der Waals surface area contributed by atoms with Crippen LogP contribution in [0.15, 0.2) is 42.5 Å². The van der Waals surface area contributed by atoms with Crippen LogP contribution in [0.4, 0.5) is 5.69 Å². The quantitative estimate of drug-likeness (QED) is 0.853. The smallest absolute Gasteiger partial charge is 0.174 e. The van der Waals surface area contributed by atoms with Crippen molar-refractivity contribution in [3.8, 4) is 23.3 Å². The highest BCUT2D eigenvalue weighted by Crippen LogP contribution is 2.28. The molecule has 0 aliphatic heterocycles. The fraction of sp³-hybridized carbons (Fsp3) is 0.188. The number of nitrogens with zero attached hydrogens (tertiary/aromatic N) is 1. The summed E-state index contributed by atoms with van der Waals surface area (Å²) < 4.78 is 10.2. The second-order valence-corrected chi connectivity index (χ2v) is 4.33. The van der Waals surface area contributed by atoms with Crippen LogP contribution in [0.2, 0.25) is 0 Å². The van der Waals surface area contributed by atoms with Gasteiger partial charge in [0.1, 0.15) is 11.8 Å². The first kappa shape index (κ1) is 14.5. The Morgan fingerprint density at radius 1 is 1.24 bits per heavy atom. The molecule has 2 aromatic carbocycles. The van der Waals surface area contributed by atoms with Crippen LogP contribution in [0, 0.1) is 11.3 Å². The van der Waals surface area contributed by atoms with Gasteiger partial charge in [0.25, 0.3) is 0 Å². The van der Waals surface area contributed by atoms with Gasteiger partial charge in [-0.1, -0.05) is 12.1 Å². The predicted octanol–water partition coefficient (Wildman–Crippen LogP) is 2.92. The molecular formula is C16H16N2O3. The van der Waals surface area contributed by atoms with E-state index < -0.39 is 0 Å². The Hall–Kier alpha value is -2.87. The lowest BCUT2D eigenvalue weighted by Gasteiger charge is -2.10. The summed E-state index contributed by atoms with van der Waals surface area (Å²) in [6, 6.07) is 14.6. The van der Waals surface area contributed by atoms with Gasteiger partial charge in [0.2, 0.25) is 0 Å². The van der Waals surface area contributed by atoms with Crippen molar-refractivity contribution in [2.75, 3.05) is 19.0 Å². The maximum Gasteiger partial charge on any atom is 0.174 e. The Labute approximate surface area is 123 Å². The Morgan fingerprint density at radius 2 is 2.10 bits per heavy atom. The minimum Gasteiger partial charge on any atom is -0.504 e. The third kappa shape index (κ3) is 4.05. The van der Waals surface area contributed by atoms with Crippen LogP contribution in [0.5, 0.6) is 17.2 Å². The topological polar surface area (TPSA) is 74.5 Å². The summed E-state index contributed by atoms with van der Waals surface area (Å²) in [6.45, 7) is 0.610. The van der Waals surface area contributed by atoms with Gasteiger partial charge in [0.15, 0.2) is 18.1 Å². The van der Waals surface area contributed by atoms with Crippen molar-refractivity contribution < 1.29 is 14.6 Å². The highest BCUT2D eigenvalue weighted by molar-refractivity contribution is 5.54. The first-order chi connectivity index (χ1) is 10.2. The molecule has 0 unspecified atom stereocenters. The first-order valence-corrected chi connectivity index (χ1v) is 6.42. The third-order valence-corrected chi connectivity index (χ3v) is 2.88. The van der Waals surface area contributed by atoms with Crippen molar-refractivity contribution in [1.29, 1.82) is 5.26 Å². The number of nitriles is 1. The minimum atomic E-state index is 0.0310. The summed E-state index contributed by atoms with van der Waals surface area (Å²) in [5.41, 5.74) is 1.80. The van der Waals surface area contributed by atoms with Crippen molar-refractivity contribution >= 4 is 5.69 Å². The number of benzene rings is 2. The maximum absolute atomic E-state index is 9.71. The van der Waals surface area contributed by atoms with Crippen LogP contribution >= 0.6 is 0 Å². The lowest BCUT2D eigenvalue weighted by Crippen LogP contribution is -2.00. The molecule has 0 aliphatic carbocycles. The first-order valence-electron chi connectivity index (χ1n) is 6.42. The van der Waals surface area contributed by atoms with Crippen LogP contribution in [0.1, 0.15) is 5.56 Å². The maximum atomic E-state index is 9.71. The molecule has 108 valence electrons. The molecule has 0 saturated heterocycles. The molecule has 0 spiro atoms. The largest absolute Gasteiger partial charge is 0.504 e. The zero-order chi connectivity index (χ0) is 15.1. The van der Waals surface area contributed by atoms with Gasteiger partial charge in [-0.3, -0.25) is 0 Å². The van der Waals surface area contributed by atoms with Crippen molar-refractivity contribution in [3.05, 3.63) is 48.0 Å². The average Bonchev–Trinajstić information content (AvgIpc) is 2.51. The van der Waals surface area contributed by atoms with Gasteiger partial charge in [-0.15, -0.1) is 0 Å². The molecule has 5 nitrogen and oxygen atoms in total. The molecular weight excluding hydrogens is 268 g/mol. The Bertz CT molecular complexity index is 650. The van der Waals surface area contributed by atoms with Gasteiger partial charge in [-0.2, -0.15) is 5.26 Å². The number of nitrogens with one attached hydrogen (secondary N) is 1. The molecule has 5 heteroatoms. The van der Waals surface area contributed by atoms with Crippen molar-refractivity contribution in [2.45, 2.75) is 6.54 Å². The number of methoxy groups -OCH3 is 1. The molecule has 0 fully saturated rings. The SMILES string of the molecule is COc1ccc(NCc2cccc(OCC#N)c2)cc1O. The molecule has 21 heavy (non-hydrogen) atoms. The Kier molecular flexibility index (Phi) is 4.89. The molecule has 0 atom stereocenters. The molecule has 2 N–H and O–H groups in total. The van der Waals surface area contributed by atoms with E-state index in [-0.39, 0.29) is 12.4 Å². The van der Waals surface area contributed by atoms with Crippen LogP contribution in [0.3, 0.4) is 0 Å². The number of anilines is 1. The number of hydrogen-bond acceptors (Lipinski definition) is 5. The second kappa shape index (κ2) is 7.06. The Balaban J connectivity index is 1.99. The molecule has 2 aromatic rings. The summed E-state index contributed by atoms with van der Waals surface area (Å²) in [4.78, 5) is 0. The van der Waals surface area contributed by atoms with Crippen LogP contribution in [-0.2, 0) is 6.54 Å². The van der Waals surface area contributed by atoms with Gasteiger partial charge >= 0.3 is 0 Å². The summed E-state index contributed by atoms with van der Waals surface area (Å²) in [5.74, 6) is 1.19. The van der Waals surface area contributed by atoms with Crippen molar-refractivity contribution in [3.63, 3.8) is 0 Å². The normalized spacial score (nSPS) is 9.71. The zero-order valence-electron chi connectivity index (χ0n) is 11.7. The summed E-state index contributed by atoms with van der Waals surface area (Å²) in [7, 11) is 1.51. The lowest BCUT2D eigenvalue weighted by atomic mass is 10.2. The van der Waals surface area contributed by atoms with Gasteiger partial charge in [-0.05, 0) is 29.8 Å². The van der Waals surface area contributed by atoms with Crippen LogP contribution < -0.4 is 14.8 Å². The Morgan fingerprint density at radius 3 is 2.81 bits per heavy atom. The molecule has 0 amide bonds. The van der Waals surface area contributed by atoms with E-state index in [1.807, 2.05) is 30.3 Å². The highest BCUT2D eigenvalue weighted by atomic mass is 16.5. The van der Waals surface area contributed by atoms with E-state index in [1.54, 1.807) is 18.2 Å². The average molecular weight is 284 g/mol. The van der Waals surface area contributed by atoms with Crippen LogP contribution in [-0.4, -0.2) is 18.8 Å². The number of phenols is 1. The van der Waals surface area contributed by atoms with Crippen molar-refractivity contribution in [2.24, 2.45) is 0 Å².